The summed E-state index contributed by atoms with van der Waals surface area (Å²) >= 11 is 6.04. The van der Waals surface area contributed by atoms with Crippen LogP contribution in [0.1, 0.15) is 31.2 Å². The third-order valence-corrected chi connectivity index (χ3v) is 6.06. The summed E-state index contributed by atoms with van der Waals surface area (Å²) < 4.78 is 22.1. The van der Waals surface area contributed by atoms with Crippen LogP contribution in [-0.4, -0.2) is 49.9 Å². The molecule has 12 heteroatoms. The number of carbonyl (C=O) groups excluding carboxylic acids is 2. The third kappa shape index (κ3) is 6.93. The standard InChI is InChI=1S/C28H29ClN4O7/c1-4-38-23-13-18(26-25(27(35)37-3)16(2)31-28(36)32-26)8-10-22(23)39-15-24(34)33-30-14-20-9-11-21(40-20)17-6-5-7-19(29)12-17/h5-14,24,26,33-34H,4,15H2,1-3H3,(H2,31,32,36)/b30-14-/t24-,26-/m0/s1. The minimum atomic E-state index is -1.15. The van der Waals surface area contributed by atoms with Gasteiger partial charge in [0.1, 0.15) is 18.1 Å². The third-order valence-electron chi connectivity index (χ3n) is 5.82. The molecule has 0 saturated carbocycles. The van der Waals surface area contributed by atoms with Gasteiger partial charge >= 0.3 is 12.0 Å². The number of nitrogens with zero attached hydrogens (tertiary/aromatic N) is 1. The van der Waals surface area contributed by atoms with Crippen LogP contribution in [0.25, 0.3) is 11.3 Å². The molecule has 0 unspecified atom stereocenters. The molecular formula is C28H29ClN4O7. The Kier molecular flexibility index (Phi) is 9.31. The molecule has 0 aliphatic carbocycles. The first-order valence-corrected chi connectivity index (χ1v) is 12.8. The van der Waals surface area contributed by atoms with Crippen LogP contribution in [0.3, 0.4) is 0 Å². The van der Waals surface area contributed by atoms with Crippen molar-refractivity contribution in [1.82, 2.24) is 16.1 Å². The Morgan fingerprint density at radius 2 is 2.02 bits per heavy atom. The van der Waals surface area contributed by atoms with Crippen LogP contribution >= 0.6 is 11.6 Å². The fraction of sp³-hybridized carbons (Fsp3) is 0.250. The van der Waals surface area contributed by atoms with Crippen LogP contribution in [0.15, 0.2) is 75.4 Å². The van der Waals surface area contributed by atoms with Crippen molar-refractivity contribution < 1.29 is 33.3 Å². The number of aliphatic hydroxyl groups excluding tert-OH is 1. The number of nitrogens with one attached hydrogen (secondary N) is 3. The molecule has 0 spiro atoms. The summed E-state index contributed by atoms with van der Waals surface area (Å²) in [6, 6.07) is 14.6. The minimum Gasteiger partial charge on any atom is -0.490 e. The van der Waals surface area contributed by atoms with Crippen molar-refractivity contribution in [2.45, 2.75) is 26.1 Å². The number of allylic oxidation sites excluding steroid dienone is 1. The maximum absolute atomic E-state index is 12.4. The average Bonchev–Trinajstić information content (AvgIpc) is 3.41. The number of hydrazone groups is 1. The molecule has 2 atom stereocenters. The predicted octanol–water partition coefficient (Wildman–Crippen LogP) is 4.12. The number of benzene rings is 2. The summed E-state index contributed by atoms with van der Waals surface area (Å²) in [5.41, 5.74) is 4.66. The Morgan fingerprint density at radius 1 is 1.20 bits per heavy atom. The van der Waals surface area contributed by atoms with Crippen LogP contribution in [0.5, 0.6) is 11.5 Å². The molecule has 4 rings (SSSR count). The van der Waals surface area contributed by atoms with Crippen molar-refractivity contribution >= 4 is 29.8 Å². The van der Waals surface area contributed by atoms with E-state index in [1.54, 1.807) is 49.4 Å². The van der Waals surface area contributed by atoms with Gasteiger partial charge in [-0.1, -0.05) is 29.8 Å². The molecule has 1 aliphatic rings. The van der Waals surface area contributed by atoms with Crippen LogP contribution in [0.4, 0.5) is 4.79 Å². The molecule has 11 nitrogen and oxygen atoms in total. The summed E-state index contributed by atoms with van der Waals surface area (Å²) in [7, 11) is 1.27. The van der Waals surface area contributed by atoms with Gasteiger partial charge in [-0.05, 0) is 55.8 Å². The van der Waals surface area contributed by atoms with Gasteiger partial charge in [-0.3, -0.25) is 5.43 Å². The van der Waals surface area contributed by atoms with Crippen LogP contribution < -0.4 is 25.5 Å². The first kappa shape index (κ1) is 28.5. The van der Waals surface area contributed by atoms with E-state index in [0.717, 1.165) is 5.56 Å². The van der Waals surface area contributed by atoms with E-state index in [4.69, 9.17) is 30.2 Å². The van der Waals surface area contributed by atoms with E-state index in [9.17, 15) is 14.7 Å². The molecule has 210 valence electrons. The second-order valence-electron chi connectivity index (χ2n) is 8.63. The lowest BCUT2D eigenvalue weighted by Crippen LogP contribution is -2.45. The Hall–Kier alpha value is -4.48. The van der Waals surface area contributed by atoms with Gasteiger partial charge in [0.15, 0.2) is 17.7 Å². The molecule has 3 aromatic rings. The molecule has 0 saturated heterocycles. The van der Waals surface area contributed by atoms with Gasteiger partial charge in [0.25, 0.3) is 0 Å². The first-order chi connectivity index (χ1) is 19.3. The molecule has 0 fully saturated rings. The zero-order valence-electron chi connectivity index (χ0n) is 22.1. The number of amides is 2. The van der Waals surface area contributed by atoms with Gasteiger partial charge < -0.3 is 34.4 Å². The van der Waals surface area contributed by atoms with Gasteiger partial charge in [-0.2, -0.15) is 5.10 Å². The molecule has 2 heterocycles. The SMILES string of the molecule is CCOc1cc([C@@H]2NC(=O)NC(C)=C2C(=O)OC)ccc1OC[C@H](O)N/N=C\c1ccc(-c2cccc(Cl)c2)o1. The molecule has 1 aromatic heterocycles. The van der Waals surface area contributed by atoms with Gasteiger partial charge in [0, 0.05) is 16.3 Å². The zero-order valence-corrected chi connectivity index (χ0v) is 22.8. The summed E-state index contributed by atoms with van der Waals surface area (Å²) in [6.45, 7) is 3.62. The van der Waals surface area contributed by atoms with Crippen LogP contribution in [0, 0.1) is 0 Å². The van der Waals surface area contributed by atoms with Crippen molar-refractivity contribution in [2.24, 2.45) is 5.10 Å². The minimum absolute atomic E-state index is 0.154. The number of hydrogen-bond acceptors (Lipinski definition) is 9. The number of methoxy groups -OCH3 is 1. The quantitative estimate of drug-likeness (QED) is 0.117. The predicted molar refractivity (Wildman–Crippen MR) is 148 cm³/mol. The Labute approximate surface area is 235 Å². The molecule has 1 aliphatic heterocycles. The van der Waals surface area contributed by atoms with E-state index in [1.165, 1.54) is 13.3 Å². The number of rotatable bonds is 11. The maximum Gasteiger partial charge on any atom is 0.337 e. The molecule has 40 heavy (non-hydrogen) atoms. The van der Waals surface area contributed by atoms with Crippen molar-refractivity contribution in [2.75, 3.05) is 20.3 Å². The number of furan rings is 1. The van der Waals surface area contributed by atoms with Crippen molar-refractivity contribution in [3.8, 4) is 22.8 Å². The van der Waals surface area contributed by atoms with E-state index in [-0.39, 0.29) is 12.2 Å². The summed E-state index contributed by atoms with van der Waals surface area (Å²) in [6.07, 6.45) is 0.285. The second-order valence-corrected chi connectivity index (χ2v) is 9.06. The smallest absolute Gasteiger partial charge is 0.337 e. The van der Waals surface area contributed by atoms with E-state index in [1.807, 2.05) is 19.1 Å². The number of esters is 1. The van der Waals surface area contributed by atoms with Crippen LogP contribution in [-0.2, 0) is 9.53 Å². The summed E-state index contributed by atoms with van der Waals surface area (Å²) in [5.74, 6) is 1.26. The van der Waals surface area contributed by atoms with Gasteiger partial charge in [-0.25, -0.2) is 9.59 Å². The van der Waals surface area contributed by atoms with E-state index >= 15 is 0 Å². The number of hydrogen-bond donors (Lipinski definition) is 4. The zero-order chi connectivity index (χ0) is 28.6. The number of urea groups is 1. The number of halogens is 1. The monoisotopic (exact) mass is 568 g/mol. The number of carbonyl (C=O) groups is 2. The highest BCUT2D eigenvalue weighted by Crippen LogP contribution is 2.35. The molecule has 2 aromatic carbocycles. The van der Waals surface area contributed by atoms with Crippen molar-refractivity contribution in [3.05, 3.63) is 82.2 Å². The fourth-order valence-electron chi connectivity index (χ4n) is 4.03. The Morgan fingerprint density at radius 3 is 2.77 bits per heavy atom. The number of aliphatic hydroxyl groups is 1. The van der Waals surface area contributed by atoms with Gasteiger partial charge in [-0.15, -0.1) is 0 Å². The molecule has 2 amide bonds. The topological polar surface area (TPSA) is 144 Å². The lowest BCUT2D eigenvalue weighted by molar-refractivity contribution is -0.136. The van der Waals surface area contributed by atoms with E-state index < -0.39 is 24.3 Å². The fourth-order valence-corrected chi connectivity index (χ4v) is 4.22. The van der Waals surface area contributed by atoms with Crippen molar-refractivity contribution in [3.63, 3.8) is 0 Å². The maximum atomic E-state index is 12.4. The molecule has 0 bridgehead atoms. The highest BCUT2D eigenvalue weighted by molar-refractivity contribution is 6.30. The van der Waals surface area contributed by atoms with E-state index in [0.29, 0.717) is 45.9 Å². The van der Waals surface area contributed by atoms with Crippen LogP contribution in [0.2, 0.25) is 5.02 Å². The first-order valence-electron chi connectivity index (χ1n) is 12.4. The van der Waals surface area contributed by atoms with E-state index in [2.05, 4.69) is 21.2 Å². The van der Waals surface area contributed by atoms with Gasteiger partial charge in [0.05, 0.1) is 31.5 Å². The average molecular weight is 569 g/mol. The lowest BCUT2D eigenvalue weighted by Gasteiger charge is -2.28. The largest absolute Gasteiger partial charge is 0.490 e. The lowest BCUT2D eigenvalue weighted by atomic mass is 9.95. The highest BCUT2D eigenvalue weighted by atomic mass is 35.5. The van der Waals surface area contributed by atoms with Gasteiger partial charge in [0.2, 0.25) is 0 Å². The Bertz CT molecular complexity index is 1440. The Balaban J connectivity index is 1.39. The van der Waals surface area contributed by atoms with Crippen molar-refractivity contribution in [1.29, 1.82) is 0 Å². The molecule has 4 N–H and O–H groups in total. The summed E-state index contributed by atoms with van der Waals surface area (Å²) in [4.78, 5) is 24.5. The highest BCUT2D eigenvalue weighted by Gasteiger charge is 2.32. The molecule has 0 radical (unpaired) electrons. The number of ether oxygens (including phenoxy) is 3. The normalized spacial score (nSPS) is 15.8. The molecular weight excluding hydrogens is 540 g/mol. The second kappa shape index (κ2) is 13.0. The summed E-state index contributed by atoms with van der Waals surface area (Å²) in [5, 5.41) is 20.2.